The molecule has 5 nitrogen and oxygen atoms in total. The smallest absolute Gasteiger partial charge is 0.227 e. The zero-order chi connectivity index (χ0) is 15.7. The second-order valence-electron chi connectivity index (χ2n) is 5.72. The third-order valence-electron chi connectivity index (χ3n) is 3.87. The number of nitrogens with one attached hydrogen (secondary N) is 1. The van der Waals surface area contributed by atoms with Crippen molar-refractivity contribution in [2.45, 2.75) is 26.7 Å². The van der Waals surface area contributed by atoms with Gasteiger partial charge in [-0.1, -0.05) is 19.1 Å². The summed E-state index contributed by atoms with van der Waals surface area (Å²) in [5.74, 6) is 1.71. The monoisotopic (exact) mass is 297 g/mol. The number of carbonyl (C=O) groups is 1. The summed E-state index contributed by atoms with van der Waals surface area (Å²) in [5.41, 5.74) is 3.08. The van der Waals surface area contributed by atoms with Crippen LogP contribution in [0, 0.1) is 12.8 Å². The minimum absolute atomic E-state index is 0.148. The van der Waals surface area contributed by atoms with Gasteiger partial charge in [-0.3, -0.25) is 4.79 Å². The average molecular weight is 297 g/mol. The number of aromatic nitrogens is 2. The largest absolute Gasteiger partial charge is 0.495 e. The van der Waals surface area contributed by atoms with Crippen LogP contribution in [0.2, 0.25) is 0 Å². The molecule has 1 aromatic heterocycles. The van der Waals surface area contributed by atoms with Crippen molar-refractivity contribution in [2.75, 3.05) is 12.4 Å². The molecule has 0 aliphatic heterocycles. The SMILES string of the molecule is COc1ccccc1Nc1nc(C)c2c(n1)C[C@H](C)CC2=O. The molecule has 1 aliphatic rings. The number of rotatable bonds is 3. The molecule has 1 heterocycles. The molecule has 0 unspecified atom stereocenters. The summed E-state index contributed by atoms with van der Waals surface area (Å²) in [6.45, 7) is 3.94. The second-order valence-corrected chi connectivity index (χ2v) is 5.72. The van der Waals surface area contributed by atoms with Crippen LogP contribution in [0.4, 0.5) is 11.6 Å². The van der Waals surface area contributed by atoms with Gasteiger partial charge in [0.05, 0.1) is 29.7 Å². The number of fused-ring (bicyclic) bond motifs is 1. The predicted octanol–water partition coefficient (Wildman–Crippen LogP) is 3.30. The van der Waals surface area contributed by atoms with E-state index in [-0.39, 0.29) is 5.78 Å². The normalized spacial score (nSPS) is 17.0. The average Bonchev–Trinajstić information content (AvgIpc) is 2.46. The van der Waals surface area contributed by atoms with Crippen LogP contribution in [0.15, 0.2) is 24.3 Å². The van der Waals surface area contributed by atoms with E-state index in [0.717, 1.165) is 29.2 Å². The number of hydrogen-bond acceptors (Lipinski definition) is 5. The number of nitrogens with zero attached hydrogens (tertiary/aromatic N) is 2. The lowest BCUT2D eigenvalue weighted by Gasteiger charge is -2.21. The highest BCUT2D eigenvalue weighted by atomic mass is 16.5. The third-order valence-corrected chi connectivity index (χ3v) is 3.87. The first-order valence-electron chi connectivity index (χ1n) is 7.39. The van der Waals surface area contributed by atoms with Crippen LogP contribution in [0.5, 0.6) is 5.75 Å². The van der Waals surface area contributed by atoms with Gasteiger partial charge in [0.2, 0.25) is 5.95 Å². The third kappa shape index (κ3) is 2.66. The summed E-state index contributed by atoms with van der Waals surface area (Å²) in [7, 11) is 1.62. The van der Waals surface area contributed by atoms with Crippen LogP contribution in [0.3, 0.4) is 0 Å². The van der Waals surface area contributed by atoms with Crippen LogP contribution < -0.4 is 10.1 Å². The summed E-state index contributed by atoms with van der Waals surface area (Å²) in [6.07, 6.45) is 1.39. The summed E-state index contributed by atoms with van der Waals surface area (Å²) in [4.78, 5) is 21.1. The number of carbonyl (C=O) groups excluding carboxylic acids is 1. The highest BCUT2D eigenvalue weighted by Crippen LogP contribution is 2.29. The summed E-state index contributed by atoms with van der Waals surface area (Å²) in [6, 6.07) is 7.61. The Bertz CT molecular complexity index is 728. The van der Waals surface area contributed by atoms with E-state index >= 15 is 0 Å². The number of hydrogen-bond donors (Lipinski definition) is 1. The van der Waals surface area contributed by atoms with E-state index in [1.807, 2.05) is 31.2 Å². The van der Waals surface area contributed by atoms with Crippen LogP contribution in [-0.4, -0.2) is 22.9 Å². The van der Waals surface area contributed by atoms with Crippen molar-refractivity contribution < 1.29 is 9.53 Å². The van der Waals surface area contributed by atoms with E-state index < -0.39 is 0 Å². The van der Waals surface area contributed by atoms with E-state index in [1.165, 1.54) is 0 Å². The van der Waals surface area contributed by atoms with Gasteiger partial charge in [0.15, 0.2) is 5.78 Å². The Hall–Kier alpha value is -2.43. The van der Waals surface area contributed by atoms with Gasteiger partial charge in [-0.15, -0.1) is 0 Å². The highest BCUT2D eigenvalue weighted by Gasteiger charge is 2.26. The molecule has 5 heteroatoms. The second kappa shape index (κ2) is 5.75. The van der Waals surface area contributed by atoms with Crippen LogP contribution in [0.25, 0.3) is 0 Å². The lowest BCUT2D eigenvalue weighted by molar-refractivity contribution is 0.0951. The molecule has 0 radical (unpaired) electrons. The first-order chi connectivity index (χ1) is 10.6. The van der Waals surface area contributed by atoms with Crippen LogP contribution in [-0.2, 0) is 6.42 Å². The molecule has 0 spiro atoms. The molecule has 1 aliphatic carbocycles. The Morgan fingerprint density at radius 3 is 2.77 bits per heavy atom. The summed E-state index contributed by atoms with van der Waals surface area (Å²) >= 11 is 0. The van der Waals surface area contributed by atoms with Gasteiger partial charge in [0, 0.05) is 6.42 Å². The molecule has 0 saturated heterocycles. The summed E-state index contributed by atoms with van der Waals surface area (Å²) in [5, 5.41) is 3.19. The molecular formula is C17H19N3O2. The van der Waals surface area contributed by atoms with Crippen molar-refractivity contribution in [3.8, 4) is 5.75 Å². The maximum absolute atomic E-state index is 12.2. The van der Waals surface area contributed by atoms with E-state index in [4.69, 9.17) is 4.74 Å². The molecule has 2 aromatic rings. The van der Waals surface area contributed by atoms with Crippen molar-refractivity contribution in [2.24, 2.45) is 5.92 Å². The number of aryl methyl sites for hydroxylation is 1. The molecule has 1 N–H and O–H groups in total. The fraction of sp³-hybridized carbons (Fsp3) is 0.353. The molecule has 0 saturated carbocycles. The highest BCUT2D eigenvalue weighted by molar-refractivity contribution is 5.99. The standard InChI is InChI=1S/C17H19N3O2/c1-10-8-13-16(14(21)9-10)11(2)18-17(20-13)19-12-6-4-5-7-15(12)22-3/h4-7,10H,8-9H2,1-3H3,(H,18,19,20)/t10-/m0/s1. The Balaban J connectivity index is 1.98. The van der Waals surface area contributed by atoms with Gasteiger partial charge in [-0.2, -0.15) is 0 Å². The Kier molecular flexibility index (Phi) is 3.79. The van der Waals surface area contributed by atoms with Crippen LogP contribution >= 0.6 is 0 Å². The first kappa shape index (κ1) is 14.5. The molecule has 0 bridgehead atoms. The Morgan fingerprint density at radius 1 is 1.23 bits per heavy atom. The topological polar surface area (TPSA) is 64.1 Å². The van der Waals surface area contributed by atoms with E-state index in [2.05, 4.69) is 22.2 Å². The van der Waals surface area contributed by atoms with Crippen molar-refractivity contribution in [3.05, 3.63) is 41.2 Å². The van der Waals surface area contributed by atoms with Gasteiger partial charge < -0.3 is 10.1 Å². The zero-order valence-corrected chi connectivity index (χ0v) is 13.0. The molecule has 1 aromatic carbocycles. The van der Waals surface area contributed by atoms with Crippen molar-refractivity contribution in [1.29, 1.82) is 0 Å². The number of ether oxygens (including phenoxy) is 1. The Labute approximate surface area is 129 Å². The number of Topliss-reactive ketones (excluding diaryl/α,β-unsaturated/α-hetero) is 1. The molecule has 3 rings (SSSR count). The number of ketones is 1. The Morgan fingerprint density at radius 2 is 2.00 bits per heavy atom. The fourth-order valence-electron chi connectivity index (χ4n) is 2.89. The van der Waals surface area contributed by atoms with Crippen molar-refractivity contribution in [3.63, 3.8) is 0 Å². The van der Waals surface area contributed by atoms with E-state index in [0.29, 0.717) is 23.9 Å². The molecular weight excluding hydrogens is 278 g/mol. The van der Waals surface area contributed by atoms with Gasteiger partial charge >= 0.3 is 0 Å². The predicted molar refractivity (Wildman–Crippen MR) is 84.9 cm³/mol. The van der Waals surface area contributed by atoms with Crippen molar-refractivity contribution in [1.82, 2.24) is 9.97 Å². The van der Waals surface area contributed by atoms with E-state index in [9.17, 15) is 4.79 Å². The molecule has 0 amide bonds. The number of para-hydroxylation sites is 2. The summed E-state index contributed by atoms with van der Waals surface area (Å²) < 4.78 is 5.32. The van der Waals surface area contributed by atoms with Gasteiger partial charge in [0.25, 0.3) is 0 Å². The lowest BCUT2D eigenvalue weighted by atomic mass is 9.86. The molecule has 114 valence electrons. The lowest BCUT2D eigenvalue weighted by Crippen LogP contribution is -2.22. The van der Waals surface area contributed by atoms with Gasteiger partial charge in [-0.25, -0.2) is 9.97 Å². The minimum atomic E-state index is 0.148. The van der Waals surface area contributed by atoms with Gasteiger partial charge in [-0.05, 0) is 31.4 Å². The number of anilines is 2. The van der Waals surface area contributed by atoms with Crippen LogP contribution in [0.1, 0.15) is 35.1 Å². The molecule has 22 heavy (non-hydrogen) atoms. The maximum Gasteiger partial charge on any atom is 0.227 e. The van der Waals surface area contributed by atoms with Crippen molar-refractivity contribution >= 4 is 17.4 Å². The molecule has 0 fully saturated rings. The number of methoxy groups -OCH3 is 1. The van der Waals surface area contributed by atoms with E-state index in [1.54, 1.807) is 7.11 Å². The molecule has 1 atom stereocenters. The maximum atomic E-state index is 12.2. The minimum Gasteiger partial charge on any atom is -0.495 e. The first-order valence-corrected chi connectivity index (χ1v) is 7.39. The quantitative estimate of drug-likeness (QED) is 0.941. The zero-order valence-electron chi connectivity index (χ0n) is 13.0. The number of benzene rings is 1. The van der Waals surface area contributed by atoms with Gasteiger partial charge in [0.1, 0.15) is 5.75 Å². The fourth-order valence-corrected chi connectivity index (χ4v) is 2.89.